The second kappa shape index (κ2) is 9.03. The first-order chi connectivity index (χ1) is 14.7. The monoisotopic (exact) mass is 424 g/mol. The molecule has 0 radical (unpaired) electrons. The fraction of sp³-hybridized carbons (Fsp3) is 0.364. The first kappa shape index (κ1) is 22.1. The molecule has 2 aromatic heterocycles. The van der Waals surface area contributed by atoms with Crippen molar-refractivity contribution in [2.24, 2.45) is 10.9 Å². The topological polar surface area (TPSA) is 116 Å². The van der Waals surface area contributed by atoms with E-state index in [1.54, 1.807) is 18.5 Å². The number of fused-ring (bicyclic) bond motifs is 1. The SMILES string of the molecule is CC[C@H](Nc1cc(C)nc2c(-c3ccc(OC)cc3C)c(C)nn12)C(=O)O/N=C(\C)N. The molecule has 0 saturated carbocycles. The van der Waals surface area contributed by atoms with E-state index in [0.717, 1.165) is 33.8 Å². The van der Waals surface area contributed by atoms with Crippen molar-refractivity contribution in [1.29, 1.82) is 0 Å². The number of aryl methyl sites for hydroxylation is 3. The van der Waals surface area contributed by atoms with Crippen LogP contribution in [0.2, 0.25) is 0 Å². The molecule has 0 spiro atoms. The Kier molecular flexibility index (Phi) is 6.43. The first-order valence-electron chi connectivity index (χ1n) is 10.0. The molecule has 0 aliphatic heterocycles. The lowest BCUT2D eigenvalue weighted by Crippen LogP contribution is -2.31. The van der Waals surface area contributed by atoms with E-state index in [9.17, 15) is 4.79 Å². The average molecular weight is 425 g/mol. The molecule has 9 nitrogen and oxygen atoms in total. The van der Waals surface area contributed by atoms with E-state index in [1.807, 2.05) is 52.0 Å². The van der Waals surface area contributed by atoms with Crippen molar-refractivity contribution in [3.63, 3.8) is 0 Å². The van der Waals surface area contributed by atoms with Gasteiger partial charge in [-0.05, 0) is 57.4 Å². The Balaban J connectivity index is 2.06. The number of hydrogen-bond donors (Lipinski definition) is 2. The molecule has 3 N–H and O–H groups in total. The van der Waals surface area contributed by atoms with Gasteiger partial charge >= 0.3 is 5.97 Å². The average Bonchev–Trinajstić information content (AvgIpc) is 3.05. The Bertz CT molecular complexity index is 1150. The Labute approximate surface area is 181 Å². The number of nitrogens with two attached hydrogens (primary N) is 1. The van der Waals surface area contributed by atoms with Gasteiger partial charge in [0.1, 0.15) is 23.4 Å². The normalized spacial score (nSPS) is 12.6. The number of anilines is 1. The van der Waals surface area contributed by atoms with Gasteiger partial charge in [0.2, 0.25) is 0 Å². The summed E-state index contributed by atoms with van der Waals surface area (Å²) in [6.45, 7) is 9.30. The Morgan fingerprint density at radius 2 is 2.03 bits per heavy atom. The van der Waals surface area contributed by atoms with Gasteiger partial charge in [-0.25, -0.2) is 9.78 Å². The van der Waals surface area contributed by atoms with Crippen LogP contribution in [0.1, 0.15) is 37.2 Å². The van der Waals surface area contributed by atoms with Gasteiger partial charge in [-0.3, -0.25) is 0 Å². The molecule has 0 unspecified atom stereocenters. The van der Waals surface area contributed by atoms with Crippen molar-refractivity contribution in [3.8, 4) is 16.9 Å². The van der Waals surface area contributed by atoms with Crippen molar-refractivity contribution in [3.05, 3.63) is 41.2 Å². The molecule has 2 heterocycles. The molecule has 0 saturated heterocycles. The highest BCUT2D eigenvalue weighted by Gasteiger charge is 2.22. The highest BCUT2D eigenvalue weighted by molar-refractivity contribution is 5.84. The van der Waals surface area contributed by atoms with E-state index in [4.69, 9.17) is 25.4 Å². The van der Waals surface area contributed by atoms with Crippen LogP contribution in [-0.2, 0) is 9.63 Å². The van der Waals surface area contributed by atoms with E-state index >= 15 is 0 Å². The Morgan fingerprint density at radius 1 is 1.29 bits per heavy atom. The number of aromatic nitrogens is 3. The van der Waals surface area contributed by atoms with Crippen LogP contribution in [0.4, 0.5) is 5.82 Å². The smallest absolute Gasteiger partial charge is 0.357 e. The van der Waals surface area contributed by atoms with Crippen LogP contribution in [0.15, 0.2) is 29.4 Å². The van der Waals surface area contributed by atoms with Crippen LogP contribution >= 0.6 is 0 Å². The number of benzene rings is 1. The van der Waals surface area contributed by atoms with Crippen LogP contribution in [0.25, 0.3) is 16.8 Å². The zero-order chi connectivity index (χ0) is 22.7. The largest absolute Gasteiger partial charge is 0.497 e. The molecule has 1 aromatic carbocycles. The molecule has 31 heavy (non-hydrogen) atoms. The summed E-state index contributed by atoms with van der Waals surface area (Å²) in [4.78, 5) is 22.0. The molecule has 3 rings (SSSR count). The summed E-state index contributed by atoms with van der Waals surface area (Å²) < 4.78 is 7.05. The fourth-order valence-corrected chi connectivity index (χ4v) is 3.39. The number of nitrogens with one attached hydrogen (secondary N) is 1. The minimum absolute atomic E-state index is 0.174. The summed E-state index contributed by atoms with van der Waals surface area (Å²) in [7, 11) is 1.65. The molecule has 1 atom stereocenters. The summed E-state index contributed by atoms with van der Waals surface area (Å²) in [6, 6.07) is 7.13. The fourth-order valence-electron chi connectivity index (χ4n) is 3.39. The predicted molar refractivity (Wildman–Crippen MR) is 120 cm³/mol. The van der Waals surface area contributed by atoms with Gasteiger partial charge in [0.05, 0.1) is 12.8 Å². The van der Waals surface area contributed by atoms with Gasteiger partial charge in [-0.1, -0.05) is 18.1 Å². The summed E-state index contributed by atoms with van der Waals surface area (Å²) in [6.07, 6.45) is 0.492. The molecule has 0 fully saturated rings. The molecular formula is C22H28N6O3. The van der Waals surface area contributed by atoms with Crippen LogP contribution in [-0.4, -0.2) is 39.6 Å². The molecule has 3 aromatic rings. The van der Waals surface area contributed by atoms with Gasteiger partial charge in [-0.2, -0.15) is 9.61 Å². The molecule has 0 aliphatic rings. The quantitative estimate of drug-likeness (QED) is 0.258. The lowest BCUT2D eigenvalue weighted by atomic mass is 10.0. The maximum absolute atomic E-state index is 12.4. The standard InChI is InChI=1S/C22H28N6O3/c1-7-18(22(29)31-27-15(5)23)25-19-11-13(3)24-21-20(14(4)26-28(19)21)17-9-8-16(30-6)10-12(17)2/h8-11,18,25H,7H2,1-6H3,(H2,23,27)/t18-/m0/s1. The van der Waals surface area contributed by atoms with Crippen molar-refractivity contribution < 1.29 is 14.4 Å². The highest BCUT2D eigenvalue weighted by atomic mass is 16.7. The van der Waals surface area contributed by atoms with Crippen molar-refractivity contribution in [1.82, 2.24) is 14.6 Å². The molecule has 164 valence electrons. The molecule has 9 heteroatoms. The lowest BCUT2D eigenvalue weighted by molar-refractivity contribution is -0.144. The van der Waals surface area contributed by atoms with Crippen LogP contribution < -0.4 is 15.8 Å². The van der Waals surface area contributed by atoms with Gasteiger partial charge in [0, 0.05) is 17.3 Å². The molecule has 0 bridgehead atoms. The van der Waals surface area contributed by atoms with Crippen molar-refractivity contribution in [2.75, 3.05) is 12.4 Å². The lowest BCUT2D eigenvalue weighted by Gasteiger charge is -2.16. The maximum Gasteiger partial charge on any atom is 0.357 e. The van der Waals surface area contributed by atoms with E-state index in [-0.39, 0.29) is 5.84 Å². The summed E-state index contributed by atoms with van der Waals surface area (Å²) >= 11 is 0. The molecule has 0 aliphatic carbocycles. The van der Waals surface area contributed by atoms with Crippen LogP contribution in [0.3, 0.4) is 0 Å². The number of hydrogen-bond acceptors (Lipinski definition) is 7. The Morgan fingerprint density at radius 3 is 2.65 bits per heavy atom. The number of rotatable bonds is 7. The summed E-state index contributed by atoms with van der Waals surface area (Å²) in [5.74, 6) is 1.08. The first-order valence-corrected chi connectivity index (χ1v) is 10.0. The Hall–Kier alpha value is -3.62. The van der Waals surface area contributed by atoms with E-state index in [2.05, 4.69) is 10.5 Å². The minimum Gasteiger partial charge on any atom is -0.497 e. The van der Waals surface area contributed by atoms with Crippen molar-refractivity contribution in [2.45, 2.75) is 47.1 Å². The van der Waals surface area contributed by atoms with Gasteiger partial charge in [0.15, 0.2) is 5.65 Å². The number of amidine groups is 1. The third-order valence-electron chi connectivity index (χ3n) is 4.89. The predicted octanol–water partition coefficient (Wildman–Crippen LogP) is 3.36. The summed E-state index contributed by atoms with van der Waals surface area (Å²) in [5, 5.41) is 11.5. The molecule has 0 amide bonds. The zero-order valence-electron chi connectivity index (χ0n) is 18.7. The van der Waals surface area contributed by atoms with Crippen LogP contribution in [0, 0.1) is 20.8 Å². The number of oxime groups is 1. The van der Waals surface area contributed by atoms with Gasteiger partial charge < -0.3 is 20.6 Å². The minimum atomic E-state index is -0.622. The van der Waals surface area contributed by atoms with Gasteiger partial charge in [-0.15, -0.1) is 0 Å². The molecular weight excluding hydrogens is 396 g/mol. The second-order valence-electron chi connectivity index (χ2n) is 7.41. The second-order valence-corrected chi connectivity index (χ2v) is 7.41. The number of methoxy groups -OCH3 is 1. The van der Waals surface area contributed by atoms with Crippen molar-refractivity contribution >= 4 is 23.3 Å². The highest BCUT2D eigenvalue weighted by Crippen LogP contribution is 2.33. The third-order valence-corrected chi connectivity index (χ3v) is 4.89. The van der Waals surface area contributed by atoms with E-state index in [1.165, 1.54) is 0 Å². The number of nitrogens with zero attached hydrogens (tertiary/aromatic N) is 4. The number of carbonyl (C=O) groups is 1. The zero-order valence-corrected chi connectivity index (χ0v) is 18.7. The van der Waals surface area contributed by atoms with E-state index < -0.39 is 12.0 Å². The number of carbonyl (C=O) groups excluding carboxylic acids is 1. The van der Waals surface area contributed by atoms with Crippen LogP contribution in [0.5, 0.6) is 5.75 Å². The van der Waals surface area contributed by atoms with E-state index in [0.29, 0.717) is 17.9 Å². The maximum atomic E-state index is 12.4. The number of ether oxygens (including phenoxy) is 1. The third kappa shape index (κ3) is 4.60. The summed E-state index contributed by atoms with van der Waals surface area (Å²) in [5.41, 5.74) is 10.8. The van der Waals surface area contributed by atoms with Gasteiger partial charge in [0.25, 0.3) is 0 Å².